The van der Waals surface area contributed by atoms with Gasteiger partial charge < -0.3 is 4.42 Å². The summed E-state index contributed by atoms with van der Waals surface area (Å²) in [6, 6.07) is 16.4. The number of thioether (sulfide) groups is 1. The molecule has 3 aromatic rings. The van der Waals surface area contributed by atoms with Crippen molar-refractivity contribution in [2.24, 2.45) is 0 Å². The SMILES string of the molecule is CSc1ccc(Cc2nnc(NC(=O)c3ccc(C#N)cc3)o2)cc1. The van der Waals surface area contributed by atoms with Crippen LogP contribution in [-0.2, 0) is 6.42 Å². The monoisotopic (exact) mass is 350 g/mol. The fraction of sp³-hybridized carbons (Fsp3) is 0.111. The first-order chi connectivity index (χ1) is 12.2. The highest BCUT2D eigenvalue weighted by atomic mass is 32.2. The molecule has 1 aromatic heterocycles. The molecule has 0 atom stereocenters. The summed E-state index contributed by atoms with van der Waals surface area (Å²) in [6.45, 7) is 0. The lowest BCUT2D eigenvalue weighted by Crippen LogP contribution is -2.12. The number of rotatable bonds is 5. The molecular formula is C18H14N4O2S. The summed E-state index contributed by atoms with van der Waals surface area (Å²) >= 11 is 1.68. The number of hydrogen-bond donors (Lipinski definition) is 1. The third-order valence-electron chi connectivity index (χ3n) is 3.48. The van der Waals surface area contributed by atoms with Crippen LogP contribution in [0.4, 0.5) is 6.01 Å². The minimum Gasteiger partial charge on any atom is -0.407 e. The van der Waals surface area contributed by atoms with Crippen LogP contribution < -0.4 is 5.32 Å². The van der Waals surface area contributed by atoms with Gasteiger partial charge in [0.25, 0.3) is 5.91 Å². The van der Waals surface area contributed by atoms with Crippen molar-refractivity contribution < 1.29 is 9.21 Å². The van der Waals surface area contributed by atoms with Gasteiger partial charge in [-0.1, -0.05) is 17.2 Å². The summed E-state index contributed by atoms with van der Waals surface area (Å²) in [5, 5.41) is 19.1. The van der Waals surface area contributed by atoms with E-state index in [-0.39, 0.29) is 11.9 Å². The molecule has 7 heteroatoms. The first-order valence-electron chi connectivity index (χ1n) is 7.45. The Kier molecular flexibility index (Phi) is 5.11. The van der Waals surface area contributed by atoms with Gasteiger partial charge in [-0.2, -0.15) is 5.26 Å². The van der Waals surface area contributed by atoms with E-state index in [2.05, 4.69) is 15.5 Å². The molecule has 0 radical (unpaired) electrons. The molecule has 0 spiro atoms. The molecule has 0 aliphatic heterocycles. The number of aromatic nitrogens is 2. The molecule has 0 aliphatic rings. The summed E-state index contributed by atoms with van der Waals surface area (Å²) in [4.78, 5) is 13.3. The van der Waals surface area contributed by atoms with Crippen LogP contribution in [-0.4, -0.2) is 22.4 Å². The predicted molar refractivity (Wildman–Crippen MR) is 94.4 cm³/mol. The highest BCUT2D eigenvalue weighted by Gasteiger charge is 2.12. The first-order valence-corrected chi connectivity index (χ1v) is 8.67. The van der Waals surface area contributed by atoms with E-state index in [9.17, 15) is 4.79 Å². The Morgan fingerprint density at radius 2 is 1.88 bits per heavy atom. The predicted octanol–water partition coefficient (Wildman–Crippen LogP) is 3.51. The summed E-state index contributed by atoms with van der Waals surface area (Å²) in [6.07, 6.45) is 2.52. The maximum absolute atomic E-state index is 12.1. The van der Waals surface area contributed by atoms with Crippen molar-refractivity contribution in [3.05, 3.63) is 71.1 Å². The van der Waals surface area contributed by atoms with Gasteiger partial charge in [0.05, 0.1) is 18.1 Å². The number of nitrogens with zero attached hydrogens (tertiary/aromatic N) is 3. The van der Waals surface area contributed by atoms with E-state index in [1.54, 1.807) is 36.0 Å². The van der Waals surface area contributed by atoms with Crippen molar-refractivity contribution in [1.82, 2.24) is 10.2 Å². The second-order valence-corrected chi connectivity index (χ2v) is 6.05. The molecule has 1 heterocycles. The Bertz CT molecular complexity index is 911. The van der Waals surface area contributed by atoms with E-state index < -0.39 is 0 Å². The van der Waals surface area contributed by atoms with Gasteiger partial charge >= 0.3 is 6.01 Å². The van der Waals surface area contributed by atoms with Gasteiger partial charge in [-0.15, -0.1) is 16.9 Å². The first kappa shape index (κ1) is 16.7. The second kappa shape index (κ2) is 7.64. The Morgan fingerprint density at radius 1 is 1.16 bits per heavy atom. The van der Waals surface area contributed by atoms with Crippen molar-refractivity contribution in [3.63, 3.8) is 0 Å². The topological polar surface area (TPSA) is 91.8 Å². The quantitative estimate of drug-likeness (QED) is 0.708. The van der Waals surface area contributed by atoms with Gasteiger partial charge in [0.2, 0.25) is 5.89 Å². The smallest absolute Gasteiger partial charge is 0.322 e. The van der Waals surface area contributed by atoms with Crippen LogP contribution in [0.15, 0.2) is 57.8 Å². The molecule has 1 amide bonds. The van der Waals surface area contributed by atoms with Gasteiger partial charge in [-0.25, -0.2) is 0 Å². The highest BCUT2D eigenvalue weighted by Crippen LogP contribution is 2.17. The minimum absolute atomic E-state index is 0.0464. The Morgan fingerprint density at radius 3 is 2.52 bits per heavy atom. The lowest BCUT2D eigenvalue weighted by Gasteiger charge is -2.01. The van der Waals surface area contributed by atoms with Crippen molar-refractivity contribution in [3.8, 4) is 6.07 Å². The van der Waals surface area contributed by atoms with E-state index in [0.717, 1.165) is 5.56 Å². The Balaban J connectivity index is 1.64. The van der Waals surface area contributed by atoms with Crippen molar-refractivity contribution in [1.29, 1.82) is 5.26 Å². The van der Waals surface area contributed by atoms with Crippen LogP contribution in [0.1, 0.15) is 27.4 Å². The lowest BCUT2D eigenvalue weighted by atomic mass is 10.1. The van der Waals surface area contributed by atoms with E-state index >= 15 is 0 Å². The van der Waals surface area contributed by atoms with Gasteiger partial charge in [0.1, 0.15) is 0 Å². The number of nitriles is 1. The number of nitrogens with one attached hydrogen (secondary N) is 1. The third kappa shape index (κ3) is 4.25. The Labute approximate surface area is 148 Å². The summed E-state index contributed by atoms with van der Waals surface area (Å²) < 4.78 is 5.47. The van der Waals surface area contributed by atoms with Gasteiger partial charge in [0.15, 0.2) is 0 Å². The fourth-order valence-electron chi connectivity index (χ4n) is 2.16. The average molecular weight is 350 g/mol. The molecule has 0 aliphatic carbocycles. The van der Waals surface area contributed by atoms with Gasteiger partial charge in [-0.05, 0) is 48.2 Å². The summed E-state index contributed by atoms with van der Waals surface area (Å²) in [5.41, 5.74) is 1.95. The zero-order chi connectivity index (χ0) is 17.6. The Hall–Kier alpha value is -3.11. The van der Waals surface area contributed by atoms with Crippen LogP contribution in [0.2, 0.25) is 0 Å². The molecule has 3 rings (SSSR count). The van der Waals surface area contributed by atoms with E-state index in [1.165, 1.54) is 4.90 Å². The molecule has 0 saturated heterocycles. The molecule has 0 saturated carbocycles. The fourth-order valence-corrected chi connectivity index (χ4v) is 2.57. The number of anilines is 1. The molecule has 2 aromatic carbocycles. The van der Waals surface area contributed by atoms with Crippen LogP contribution in [0.5, 0.6) is 0 Å². The maximum atomic E-state index is 12.1. The van der Waals surface area contributed by atoms with Crippen molar-refractivity contribution in [2.45, 2.75) is 11.3 Å². The highest BCUT2D eigenvalue weighted by molar-refractivity contribution is 7.98. The molecule has 1 N–H and O–H groups in total. The normalized spacial score (nSPS) is 10.2. The van der Waals surface area contributed by atoms with Crippen molar-refractivity contribution in [2.75, 3.05) is 11.6 Å². The summed E-state index contributed by atoms with van der Waals surface area (Å²) in [5.74, 6) is 0.0519. The molecule has 0 fully saturated rings. The van der Waals surface area contributed by atoms with E-state index in [4.69, 9.17) is 9.68 Å². The molecule has 6 nitrogen and oxygen atoms in total. The van der Waals surface area contributed by atoms with Crippen LogP contribution in [0, 0.1) is 11.3 Å². The minimum atomic E-state index is -0.371. The van der Waals surface area contributed by atoms with Crippen LogP contribution in [0.25, 0.3) is 0 Å². The van der Waals surface area contributed by atoms with E-state index in [1.807, 2.05) is 36.6 Å². The maximum Gasteiger partial charge on any atom is 0.322 e. The number of hydrogen-bond acceptors (Lipinski definition) is 6. The van der Waals surface area contributed by atoms with Gasteiger partial charge in [-0.3, -0.25) is 10.1 Å². The lowest BCUT2D eigenvalue weighted by molar-refractivity contribution is 0.102. The second-order valence-electron chi connectivity index (χ2n) is 5.17. The van der Waals surface area contributed by atoms with Crippen molar-refractivity contribution >= 4 is 23.7 Å². The molecule has 124 valence electrons. The third-order valence-corrected chi connectivity index (χ3v) is 4.22. The number of carbonyl (C=O) groups is 1. The zero-order valence-electron chi connectivity index (χ0n) is 13.4. The number of carbonyl (C=O) groups excluding carboxylic acids is 1. The van der Waals surface area contributed by atoms with Crippen LogP contribution in [0.3, 0.4) is 0 Å². The molecule has 25 heavy (non-hydrogen) atoms. The zero-order valence-corrected chi connectivity index (χ0v) is 14.2. The van der Waals surface area contributed by atoms with Gasteiger partial charge in [0, 0.05) is 10.5 Å². The molecular weight excluding hydrogens is 336 g/mol. The standard InChI is InChI=1S/C18H14N4O2S/c1-25-15-8-4-12(5-9-15)10-16-21-22-18(24-16)20-17(23)14-6-2-13(11-19)3-7-14/h2-9H,10H2,1H3,(H,20,22,23). The molecule has 0 unspecified atom stereocenters. The molecule has 0 bridgehead atoms. The number of benzene rings is 2. The summed E-state index contributed by atoms with van der Waals surface area (Å²) in [7, 11) is 0. The number of amides is 1. The largest absolute Gasteiger partial charge is 0.407 e. The van der Waals surface area contributed by atoms with E-state index in [0.29, 0.717) is 23.4 Å². The van der Waals surface area contributed by atoms with Crippen LogP contribution >= 0.6 is 11.8 Å². The average Bonchev–Trinajstić information content (AvgIpc) is 3.09.